The third-order valence-corrected chi connectivity index (χ3v) is 4.27. The molecule has 1 unspecified atom stereocenters. The summed E-state index contributed by atoms with van der Waals surface area (Å²) in [4.78, 5) is 6.06. The molecule has 1 saturated carbocycles. The van der Waals surface area contributed by atoms with Gasteiger partial charge in [-0.05, 0) is 38.3 Å². The summed E-state index contributed by atoms with van der Waals surface area (Å²) < 4.78 is 38.0. The Labute approximate surface area is 126 Å². The Balaban J connectivity index is 1.82. The number of alkyl halides is 3. The standard InChI is InChI=1S/C14H17ClF3N3/c15-12-6-9(14(16,17)18)7-20-13(12)21(11-3-4-11)8-10-2-1-5-19-10/h6-7,10-11,19H,1-5,8H2. The number of pyridine rings is 1. The van der Waals surface area contributed by atoms with Gasteiger partial charge in [0.1, 0.15) is 5.82 Å². The topological polar surface area (TPSA) is 28.2 Å². The van der Waals surface area contributed by atoms with Crippen molar-refractivity contribution in [1.82, 2.24) is 10.3 Å². The van der Waals surface area contributed by atoms with E-state index in [2.05, 4.69) is 15.2 Å². The molecular weight excluding hydrogens is 303 g/mol. The lowest BCUT2D eigenvalue weighted by atomic mass is 10.2. The molecule has 1 aromatic heterocycles. The van der Waals surface area contributed by atoms with E-state index in [1.807, 2.05) is 0 Å². The smallest absolute Gasteiger partial charge is 0.351 e. The molecule has 0 amide bonds. The van der Waals surface area contributed by atoms with Crippen LogP contribution in [0.1, 0.15) is 31.2 Å². The van der Waals surface area contributed by atoms with E-state index in [9.17, 15) is 13.2 Å². The summed E-state index contributed by atoms with van der Waals surface area (Å²) in [5.41, 5.74) is -0.800. The van der Waals surface area contributed by atoms with E-state index in [0.29, 0.717) is 17.9 Å². The molecule has 21 heavy (non-hydrogen) atoms. The molecule has 116 valence electrons. The summed E-state index contributed by atoms with van der Waals surface area (Å²) in [7, 11) is 0. The van der Waals surface area contributed by atoms with Gasteiger partial charge in [0.05, 0.1) is 10.6 Å². The molecular formula is C14H17ClF3N3. The van der Waals surface area contributed by atoms with Crippen LogP contribution in [0, 0.1) is 0 Å². The Morgan fingerprint density at radius 3 is 2.62 bits per heavy atom. The van der Waals surface area contributed by atoms with Crippen molar-refractivity contribution < 1.29 is 13.2 Å². The molecule has 3 rings (SSSR count). The molecule has 0 radical (unpaired) electrons. The zero-order valence-electron chi connectivity index (χ0n) is 11.5. The van der Waals surface area contributed by atoms with E-state index in [0.717, 1.165) is 51.0 Å². The Morgan fingerprint density at radius 1 is 1.33 bits per heavy atom. The fourth-order valence-electron chi connectivity index (χ4n) is 2.74. The maximum atomic E-state index is 12.7. The van der Waals surface area contributed by atoms with Gasteiger partial charge in [0.25, 0.3) is 0 Å². The van der Waals surface area contributed by atoms with Crippen LogP contribution in [0.5, 0.6) is 0 Å². The van der Waals surface area contributed by atoms with Crippen molar-refractivity contribution >= 4 is 17.4 Å². The van der Waals surface area contributed by atoms with E-state index in [1.54, 1.807) is 0 Å². The number of rotatable bonds is 4. The molecule has 1 atom stereocenters. The largest absolute Gasteiger partial charge is 0.417 e. The van der Waals surface area contributed by atoms with Crippen molar-refractivity contribution in [3.05, 3.63) is 22.8 Å². The summed E-state index contributed by atoms with van der Waals surface area (Å²) in [6, 6.07) is 1.70. The second-order valence-electron chi connectivity index (χ2n) is 5.70. The first-order valence-corrected chi connectivity index (χ1v) is 7.55. The fourth-order valence-corrected chi connectivity index (χ4v) is 3.02. The van der Waals surface area contributed by atoms with Gasteiger partial charge in [-0.25, -0.2) is 4.98 Å². The van der Waals surface area contributed by atoms with Crippen molar-refractivity contribution in [2.45, 2.75) is 43.9 Å². The molecule has 2 aliphatic rings. The molecule has 2 heterocycles. The lowest BCUT2D eigenvalue weighted by Crippen LogP contribution is -2.39. The van der Waals surface area contributed by atoms with Crippen molar-refractivity contribution in [2.24, 2.45) is 0 Å². The monoisotopic (exact) mass is 319 g/mol. The van der Waals surface area contributed by atoms with Gasteiger partial charge in [-0.15, -0.1) is 0 Å². The van der Waals surface area contributed by atoms with Crippen molar-refractivity contribution in [3.8, 4) is 0 Å². The molecule has 3 nitrogen and oxygen atoms in total. The number of aromatic nitrogens is 1. The summed E-state index contributed by atoms with van der Waals surface area (Å²) in [6.07, 6.45) is 0.779. The minimum atomic E-state index is -4.41. The van der Waals surface area contributed by atoms with Crippen LogP contribution in [-0.2, 0) is 6.18 Å². The number of hydrogen-bond acceptors (Lipinski definition) is 3. The van der Waals surface area contributed by atoms with Crippen LogP contribution < -0.4 is 10.2 Å². The summed E-state index contributed by atoms with van der Waals surface area (Å²) in [6.45, 7) is 1.75. The van der Waals surface area contributed by atoms with Crippen LogP contribution in [0.15, 0.2) is 12.3 Å². The SMILES string of the molecule is FC(F)(F)c1cnc(N(CC2CCCN2)C2CC2)c(Cl)c1. The molecule has 0 aromatic carbocycles. The Bertz CT molecular complexity index is 511. The predicted octanol–water partition coefficient (Wildman–Crippen LogP) is 3.47. The molecule has 7 heteroatoms. The number of nitrogens with zero attached hydrogens (tertiary/aromatic N) is 2. The van der Waals surface area contributed by atoms with E-state index in [1.165, 1.54) is 0 Å². The number of hydrogen-bond donors (Lipinski definition) is 1. The van der Waals surface area contributed by atoms with E-state index in [-0.39, 0.29) is 5.02 Å². The molecule has 1 aliphatic heterocycles. The van der Waals surface area contributed by atoms with Crippen LogP contribution in [0.2, 0.25) is 5.02 Å². The molecule has 1 aliphatic carbocycles. The average Bonchev–Trinajstić information content (AvgIpc) is 3.13. The zero-order chi connectivity index (χ0) is 15.0. The summed E-state index contributed by atoms with van der Waals surface area (Å²) in [5.74, 6) is 0.473. The van der Waals surface area contributed by atoms with Crippen LogP contribution in [0.4, 0.5) is 19.0 Å². The van der Waals surface area contributed by atoms with Crippen molar-refractivity contribution in [2.75, 3.05) is 18.0 Å². The van der Waals surface area contributed by atoms with Crippen LogP contribution >= 0.6 is 11.6 Å². The van der Waals surface area contributed by atoms with Crippen molar-refractivity contribution in [3.63, 3.8) is 0 Å². The Kier molecular flexibility index (Phi) is 4.01. The first-order valence-electron chi connectivity index (χ1n) is 7.18. The highest BCUT2D eigenvalue weighted by Gasteiger charge is 2.35. The Hall–Kier alpha value is -1.01. The maximum Gasteiger partial charge on any atom is 0.417 e. The molecule has 1 aromatic rings. The summed E-state index contributed by atoms with van der Waals surface area (Å²) >= 11 is 6.06. The fraction of sp³-hybridized carbons (Fsp3) is 0.643. The molecule has 1 N–H and O–H groups in total. The lowest BCUT2D eigenvalue weighted by molar-refractivity contribution is -0.137. The lowest BCUT2D eigenvalue weighted by Gasteiger charge is -2.28. The highest BCUT2D eigenvalue weighted by molar-refractivity contribution is 6.33. The first-order chi connectivity index (χ1) is 9.95. The van der Waals surface area contributed by atoms with E-state index < -0.39 is 11.7 Å². The van der Waals surface area contributed by atoms with Gasteiger partial charge in [-0.2, -0.15) is 13.2 Å². The predicted molar refractivity (Wildman–Crippen MR) is 75.6 cm³/mol. The highest BCUT2D eigenvalue weighted by atomic mass is 35.5. The number of nitrogens with one attached hydrogen (secondary N) is 1. The van der Waals surface area contributed by atoms with Gasteiger partial charge in [0, 0.05) is 24.8 Å². The van der Waals surface area contributed by atoms with Gasteiger partial charge in [-0.3, -0.25) is 0 Å². The first kappa shape index (κ1) is 14.9. The van der Waals surface area contributed by atoms with Crippen LogP contribution in [0.3, 0.4) is 0 Å². The Morgan fingerprint density at radius 2 is 2.10 bits per heavy atom. The molecule has 1 saturated heterocycles. The second-order valence-corrected chi connectivity index (χ2v) is 6.11. The normalized spacial score (nSPS) is 22.6. The van der Waals surface area contributed by atoms with Gasteiger partial charge in [0.2, 0.25) is 0 Å². The molecule has 0 bridgehead atoms. The van der Waals surface area contributed by atoms with Crippen molar-refractivity contribution in [1.29, 1.82) is 0 Å². The van der Waals surface area contributed by atoms with Gasteiger partial charge in [0.15, 0.2) is 0 Å². The van der Waals surface area contributed by atoms with E-state index in [4.69, 9.17) is 11.6 Å². The molecule has 2 fully saturated rings. The second kappa shape index (κ2) is 5.65. The van der Waals surface area contributed by atoms with Crippen LogP contribution in [-0.4, -0.2) is 30.2 Å². The quantitative estimate of drug-likeness (QED) is 0.921. The number of halogens is 4. The molecule has 0 spiro atoms. The third-order valence-electron chi connectivity index (χ3n) is 3.99. The van der Waals surface area contributed by atoms with Gasteiger partial charge in [-0.1, -0.05) is 11.6 Å². The summed E-state index contributed by atoms with van der Waals surface area (Å²) in [5, 5.41) is 3.48. The van der Waals surface area contributed by atoms with Gasteiger partial charge < -0.3 is 10.2 Å². The minimum Gasteiger partial charge on any atom is -0.351 e. The van der Waals surface area contributed by atoms with Crippen LogP contribution in [0.25, 0.3) is 0 Å². The minimum absolute atomic E-state index is 0.0784. The highest BCUT2D eigenvalue weighted by Crippen LogP contribution is 2.37. The number of anilines is 1. The third kappa shape index (κ3) is 3.43. The van der Waals surface area contributed by atoms with E-state index >= 15 is 0 Å². The van der Waals surface area contributed by atoms with Gasteiger partial charge >= 0.3 is 6.18 Å². The average molecular weight is 320 g/mol. The zero-order valence-corrected chi connectivity index (χ0v) is 12.2. The maximum absolute atomic E-state index is 12.7.